The van der Waals surface area contributed by atoms with Gasteiger partial charge in [0.25, 0.3) is 11.8 Å². The molecule has 0 atom stereocenters. The number of thioether (sulfide) groups is 1. The zero-order chi connectivity index (χ0) is 18.1. The number of carbonyl (C=O) groups is 3. The van der Waals surface area contributed by atoms with Crippen molar-refractivity contribution < 1.29 is 19.5 Å². The highest BCUT2D eigenvalue weighted by molar-refractivity contribution is 8.26. The number of aliphatic carboxylic acids is 1. The molecular formula is C16H16N2O4S2. The van der Waals surface area contributed by atoms with Crippen LogP contribution in [0.5, 0.6) is 0 Å². The average Bonchev–Trinajstić information content (AvgIpc) is 2.74. The molecule has 2 N–H and O–H groups in total. The number of benzene rings is 1. The molecular weight excluding hydrogens is 348 g/mol. The second kappa shape index (κ2) is 6.74. The Labute approximate surface area is 148 Å². The Bertz CT molecular complexity index is 754. The Morgan fingerprint density at radius 3 is 2.33 bits per heavy atom. The van der Waals surface area contributed by atoms with Crippen molar-refractivity contribution in [3.8, 4) is 0 Å². The van der Waals surface area contributed by atoms with E-state index in [1.807, 2.05) is 0 Å². The lowest BCUT2D eigenvalue weighted by Gasteiger charge is -2.20. The highest BCUT2D eigenvalue weighted by Crippen LogP contribution is 2.31. The standard InChI is InChI=1S/C16H16N2O4S2/c1-16(2,14(21)22)17-12(19)10-6-4-9(5-7-10)8-11-13(20)18(3)15(23)24-11/h4-8H,1-3H3,(H,17,19)(H,21,22)/b11-8-. The largest absolute Gasteiger partial charge is 0.480 e. The van der Waals surface area contributed by atoms with E-state index in [-0.39, 0.29) is 5.91 Å². The molecule has 6 nitrogen and oxygen atoms in total. The minimum atomic E-state index is -1.36. The van der Waals surface area contributed by atoms with Crippen LogP contribution in [0, 0.1) is 0 Å². The highest BCUT2D eigenvalue weighted by Gasteiger charge is 2.30. The quantitative estimate of drug-likeness (QED) is 0.629. The molecule has 0 radical (unpaired) electrons. The number of likely N-dealkylation sites (N-methyl/N-ethyl adjacent to an activating group) is 1. The molecule has 0 aromatic heterocycles. The van der Waals surface area contributed by atoms with Crippen LogP contribution in [-0.4, -0.2) is 44.7 Å². The Balaban J connectivity index is 2.14. The maximum Gasteiger partial charge on any atom is 0.328 e. The summed E-state index contributed by atoms with van der Waals surface area (Å²) in [6.07, 6.45) is 1.70. The molecule has 126 valence electrons. The minimum absolute atomic E-state index is 0.157. The Morgan fingerprint density at radius 1 is 1.29 bits per heavy atom. The number of amides is 2. The predicted octanol–water partition coefficient (Wildman–Crippen LogP) is 2.11. The molecule has 0 saturated carbocycles. The highest BCUT2D eigenvalue weighted by atomic mass is 32.2. The maximum atomic E-state index is 12.1. The zero-order valence-electron chi connectivity index (χ0n) is 13.3. The van der Waals surface area contributed by atoms with Crippen LogP contribution in [0.2, 0.25) is 0 Å². The fraction of sp³-hybridized carbons (Fsp3) is 0.250. The Hall–Kier alpha value is -2.19. The van der Waals surface area contributed by atoms with E-state index in [1.165, 1.54) is 30.5 Å². The van der Waals surface area contributed by atoms with Gasteiger partial charge in [-0.3, -0.25) is 14.5 Å². The molecule has 1 fully saturated rings. The average molecular weight is 364 g/mol. The first-order valence-corrected chi connectivity index (χ1v) is 8.22. The molecule has 24 heavy (non-hydrogen) atoms. The van der Waals surface area contributed by atoms with Gasteiger partial charge in [-0.25, -0.2) is 4.79 Å². The normalized spacial score (nSPS) is 16.6. The van der Waals surface area contributed by atoms with Crippen molar-refractivity contribution in [1.82, 2.24) is 10.2 Å². The van der Waals surface area contributed by atoms with E-state index in [0.717, 1.165) is 5.56 Å². The molecule has 2 rings (SSSR count). The number of thiocarbonyl (C=S) groups is 1. The summed E-state index contributed by atoms with van der Waals surface area (Å²) in [5.41, 5.74) is -0.271. The molecule has 1 aliphatic rings. The second-order valence-electron chi connectivity index (χ2n) is 5.75. The summed E-state index contributed by atoms with van der Waals surface area (Å²) in [7, 11) is 1.62. The van der Waals surface area contributed by atoms with E-state index in [1.54, 1.807) is 37.4 Å². The van der Waals surface area contributed by atoms with Crippen molar-refractivity contribution in [2.75, 3.05) is 7.05 Å². The topological polar surface area (TPSA) is 86.7 Å². The fourth-order valence-corrected chi connectivity index (χ4v) is 3.02. The van der Waals surface area contributed by atoms with Gasteiger partial charge >= 0.3 is 5.97 Å². The van der Waals surface area contributed by atoms with E-state index in [4.69, 9.17) is 17.3 Å². The Kier molecular flexibility index (Phi) is 5.10. The molecule has 1 aromatic carbocycles. The SMILES string of the molecule is CN1C(=O)/C(=C/c2ccc(C(=O)NC(C)(C)C(=O)O)cc2)SC1=S. The summed E-state index contributed by atoms with van der Waals surface area (Å²) in [5, 5.41) is 11.5. The molecule has 1 heterocycles. The van der Waals surface area contributed by atoms with Gasteiger partial charge < -0.3 is 10.4 Å². The van der Waals surface area contributed by atoms with Gasteiger partial charge in [0.1, 0.15) is 9.86 Å². The van der Waals surface area contributed by atoms with Crippen LogP contribution < -0.4 is 5.32 Å². The number of carboxylic acids is 1. The number of hydrogen-bond donors (Lipinski definition) is 2. The van der Waals surface area contributed by atoms with Crippen molar-refractivity contribution in [3.05, 3.63) is 40.3 Å². The van der Waals surface area contributed by atoms with Crippen LogP contribution in [0.3, 0.4) is 0 Å². The fourth-order valence-electron chi connectivity index (χ4n) is 1.84. The summed E-state index contributed by atoms with van der Waals surface area (Å²) < 4.78 is 0.498. The van der Waals surface area contributed by atoms with Crippen LogP contribution in [0.15, 0.2) is 29.2 Å². The van der Waals surface area contributed by atoms with E-state index in [0.29, 0.717) is 14.8 Å². The van der Waals surface area contributed by atoms with E-state index >= 15 is 0 Å². The van der Waals surface area contributed by atoms with Crippen LogP contribution in [0.1, 0.15) is 29.8 Å². The first-order chi connectivity index (χ1) is 11.1. The third-order valence-corrected chi connectivity index (χ3v) is 4.90. The van der Waals surface area contributed by atoms with Crippen LogP contribution in [0.25, 0.3) is 6.08 Å². The molecule has 1 aromatic rings. The summed E-state index contributed by atoms with van der Waals surface area (Å²) in [5.74, 6) is -1.75. The van der Waals surface area contributed by atoms with Gasteiger partial charge in [-0.15, -0.1) is 0 Å². The van der Waals surface area contributed by atoms with Crippen molar-refractivity contribution in [2.24, 2.45) is 0 Å². The lowest BCUT2D eigenvalue weighted by atomic mass is 10.0. The number of carbonyl (C=O) groups excluding carboxylic acids is 2. The van der Waals surface area contributed by atoms with Gasteiger partial charge in [-0.1, -0.05) is 36.1 Å². The van der Waals surface area contributed by atoms with Gasteiger partial charge in [0.15, 0.2) is 0 Å². The van der Waals surface area contributed by atoms with Crippen LogP contribution in [0.4, 0.5) is 0 Å². The lowest BCUT2D eigenvalue weighted by molar-refractivity contribution is -0.143. The molecule has 2 amide bonds. The van der Waals surface area contributed by atoms with E-state index in [2.05, 4.69) is 5.32 Å². The summed E-state index contributed by atoms with van der Waals surface area (Å²) in [6, 6.07) is 6.52. The Morgan fingerprint density at radius 2 is 1.88 bits per heavy atom. The van der Waals surface area contributed by atoms with E-state index in [9.17, 15) is 14.4 Å². The van der Waals surface area contributed by atoms with Gasteiger partial charge in [-0.05, 0) is 37.6 Å². The van der Waals surface area contributed by atoms with Crippen molar-refractivity contribution in [2.45, 2.75) is 19.4 Å². The summed E-state index contributed by atoms with van der Waals surface area (Å²) in [4.78, 5) is 37.0. The number of nitrogens with one attached hydrogen (secondary N) is 1. The van der Waals surface area contributed by atoms with Crippen LogP contribution in [-0.2, 0) is 9.59 Å². The maximum absolute atomic E-state index is 12.1. The first kappa shape index (κ1) is 18.2. The van der Waals surface area contributed by atoms with Gasteiger partial charge in [0.2, 0.25) is 0 Å². The van der Waals surface area contributed by atoms with Crippen molar-refractivity contribution >= 4 is 52.2 Å². The predicted molar refractivity (Wildman–Crippen MR) is 96.6 cm³/mol. The first-order valence-electron chi connectivity index (χ1n) is 6.99. The molecule has 0 spiro atoms. The minimum Gasteiger partial charge on any atom is -0.480 e. The van der Waals surface area contributed by atoms with Gasteiger partial charge in [-0.2, -0.15) is 0 Å². The lowest BCUT2D eigenvalue weighted by Crippen LogP contribution is -2.49. The van der Waals surface area contributed by atoms with E-state index < -0.39 is 17.4 Å². The van der Waals surface area contributed by atoms with Gasteiger partial charge in [0, 0.05) is 12.6 Å². The smallest absolute Gasteiger partial charge is 0.328 e. The third-order valence-electron chi connectivity index (χ3n) is 3.42. The molecule has 0 bridgehead atoms. The summed E-state index contributed by atoms with van der Waals surface area (Å²) in [6.45, 7) is 2.82. The third kappa shape index (κ3) is 3.82. The molecule has 0 aliphatic carbocycles. The molecule has 1 saturated heterocycles. The molecule has 8 heteroatoms. The van der Waals surface area contributed by atoms with Crippen molar-refractivity contribution in [3.63, 3.8) is 0 Å². The molecule has 1 aliphatic heterocycles. The monoisotopic (exact) mass is 364 g/mol. The van der Waals surface area contributed by atoms with Gasteiger partial charge in [0.05, 0.1) is 4.91 Å². The second-order valence-corrected chi connectivity index (χ2v) is 7.42. The number of hydrogen-bond acceptors (Lipinski definition) is 5. The number of nitrogens with zero attached hydrogens (tertiary/aromatic N) is 1. The number of rotatable bonds is 4. The summed E-state index contributed by atoms with van der Waals surface area (Å²) >= 11 is 6.29. The number of carboxylic acid groups (broad SMARTS) is 1. The van der Waals surface area contributed by atoms with Crippen molar-refractivity contribution in [1.29, 1.82) is 0 Å². The molecule has 0 unspecified atom stereocenters. The zero-order valence-corrected chi connectivity index (χ0v) is 15.0. The van der Waals surface area contributed by atoms with Crippen LogP contribution >= 0.6 is 24.0 Å².